The van der Waals surface area contributed by atoms with E-state index in [1.165, 1.54) is 0 Å². The fourth-order valence-corrected chi connectivity index (χ4v) is 1.93. The summed E-state index contributed by atoms with van der Waals surface area (Å²) in [7, 11) is 0. The Hall–Kier alpha value is -1.35. The average molecular weight is 218 g/mol. The van der Waals surface area contributed by atoms with Gasteiger partial charge in [-0.25, -0.2) is 4.98 Å². The van der Waals surface area contributed by atoms with Crippen molar-refractivity contribution in [1.29, 1.82) is 0 Å². The van der Waals surface area contributed by atoms with Crippen LogP contribution < -0.4 is 0 Å². The Morgan fingerprint density at radius 2 is 2.21 bits per heavy atom. The number of aliphatic imine (C=N–C) groups is 1. The van der Waals surface area contributed by atoms with Gasteiger partial charge in [0.25, 0.3) is 0 Å². The van der Waals surface area contributed by atoms with Crippen LogP contribution in [0.2, 0.25) is 0 Å². The average Bonchev–Trinajstić information content (AvgIpc) is 2.72. The van der Waals surface area contributed by atoms with Gasteiger partial charge in [0.05, 0.1) is 10.8 Å². The van der Waals surface area contributed by atoms with Crippen LogP contribution in [0.5, 0.6) is 0 Å². The standard InChI is InChI=1S/C10H6N2S2/c13-7-12-9-4-2-1-3-8(9)10-11-5-6-14-10/h1-6H. The molecule has 0 fully saturated rings. The second-order valence-electron chi connectivity index (χ2n) is 2.56. The SMILES string of the molecule is S=C=Nc1ccccc1-c1nccs1. The number of aromatic nitrogens is 1. The highest BCUT2D eigenvalue weighted by Crippen LogP contribution is 2.30. The molecule has 2 nitrogen and oxygen atoms in total. The van der Waals surface area contributed by atoms with E-state index in [2.05, 4.69) is 27.4 Å². The van der Waals surface area contributed by atoms with E-state index in [9.17, 15) is 0 Å². The van der Waals surface area contributed by atoms with Crippen LogP contribution >= 0.6 is 23.6 Å². The molecule has 1 heterocycles. The van der Waals surface area contributed by atoms with Gasteiger partial charge in [0.1, 0.15) is 5.01 Å². The molecule has 0 radical (unpaired) electrons. The quantitative estimate of drug-likeness (QED) is 0.569. The number of isothiocyanates is 1. The zero-order valence-corrected chi connectivity index (χ0v) is 8.81. The molecule has 68 valence electrons. The van der Waals surface area contributed by atoms with Crippen LogP contribution in [0.25, 0.3) is 10.6 Å². The lowest BCUT2D eigenvalue weighted by molar-refractivity contribution is 1.40. The van der Waals surface area contributed by atoms with Crippen LogP contribution in [0.1, 0.15) is 0 Å². The number of thiazole rings is 1. The van der Waals surface area contributed by atoms with E-state index < -0.39 is 0 Å². The summed E-state index contributed by atoms with van der Waals surface area (Å²) in [6.07, 6.45) is 1.78. The molecule has 0 unspecified atom stereocenters. The first-order chi connectivity index (χ1) is 6.92. The number of nitrogens with zero attached hydrogens (tertiary/aromatic N) is 2. The van der Waals surface area contributed by atoms with Gasteiger partial charge in [-0.1, -0.05) is 12.1 Å². The summed E-state index contributed by atoms with van der Waals surface area (Å²) in [5.74, 6) is 0. The highest BCUT2D eigenvalue weighted by Gasteiger charge is 2.04. The fraction of sp³-hybridized carbons (Fsp3) is 0. The first-order valence-corrected chi connectivity index (χ1v) is 5.27. The summed E-state index contributed by atoms with van der Waals surface area (Å²) >= 11 is 6.17. The van der Waals surface area contributed by atoms with E-state index in [0.29, 0.717) is 0 Å². The van der Waals surface area contributed by atoms with Crippen molar-refractivity contribution in [3.8, 4) is 10.6 Å². The number of hydrogen-bond acceptors (Lipinski definition) is 4. The predicted octanol–water partition coefficient (Wildman–Crippen LogP) is 3.54. The third-order valence-electron chi connectivity index (χ3n) is 1.73. The third kappa shape index (κ3) is 1.77. The van der Waals surface area contributed by atoms with Crippen molar-refractivity contribution in [2.75, 3.05) is 0 Å². The van der Waals surface area contributed by atoms with Gasteiger partial charge in [-0.3, -0.25) is 0 Å². The van der Waals surface area contributed by atoms with E-state index in [0.717, 1.165) is 16.3 Å². The van der Waals surface area contributed by atoms with Gasteiger partial charge < -0.3 is 0 Å². The molecule has 2 rings (SSSR count). The number of benzene rings is 1. The molecule has 0 amide bonds. The van der Waals surface area contributed by atoms with Crippen molar-refractivity contribution in [3.63, 3.8) is 0 Å². The number of thiocarbonyl (C=S) groups is 1. The van der Waals surface area contributed by atoms with E-state index in [1.54, 1.807) is 17.5 Å². The Balaban J connectivity index is 2.57. The maximum Gasteiger partial charge on any atom is 0.125 e. The summed E-state index contributed by atoms with van der Waals surface area (Å²) in [6.45, 7) is 0. The maximum atomic E-state index is 4.59. The van der Waals surface area contributed by atoms with Crippen molar-refractivity contribution >= 4 is 34.4 Å². The van der Waals surface area contributed by atoms with Crippen molar-refractivity contribution in [2.24, 2.45) is 4.99 Å². The maximum absolute atomic E-state index is 4.59. The zero-order valence-electron chi connectivity index (χ0n) is 7.18. The smallest absolute Gasteiger partial charge is 0.125 e. The third-order valence-corrected chi connectivity index (χ3v) is 2.63. The largest absolute Gasteiger partial charge is 0.244 e. The Kier molecular flexibility index (Phi) is 2.79. The molecule has 0 saturated carbocycles. The normalized spacial score (nSPS) is 9.43. The second kappa shape index (κ2) is 4.24. The monoisotopic (exact) mass is 218 g/mol. The van der Waals surface area contributed by atoms with Crippen LogP contribution in [0.4, 0.5) is 5.69 Å². The molecule has 0 saturated heterocycles. The molecule has 0 N–H and O–H groups in total. The van der Waals surface area contributed by atoms with Crippen molar-refractivity contribution in [1.82, 2.24) is 4.98 Å². The van der Waals surface area contributed by atoms with E-state index in [4.69, 9.17) is 0 Å². The molecule has 0 aliphatic carbocycles. The molecular weight excluding hydrogens is 212 g/mol. The summed E-state index contributed by atoms with van der Waals surface area (Å²) in [5.41, 5.74) is 1.82. The van der Waals surface area contributed by atoms with Crippen molar-refractivity contribution in [3.05, 3.63) is 35.8 Å². The molecule has 0 aliphatic heterocycles. The molecule has 0 spiro atoms. The van der Waals surface area contributed by atoms with Gasteiger partial charge in [-0.15, -0.1) is 11.3 Å². The first kappa shape index (κ1) is 9.21. The van der Waals surface area contributed by atoms with Gasteiger partial charge in [0.15, 0.2) is 0 Å². The van der Waals surface area contributed by atoms with Gasteiger partial charge in [0, 0.05) is 17.1 Å². The van der Waals surface area contributed by atoms with E-state index in [1.807, 2.05) is 29.6 Å². The fourth-order valence-electron chi connectivity index (χ4n) is 1.16. The predicted molar refractivity (Wildman–Crippen MR) is 62.2 cm³/mol. The molecule has 0 aliphatic rings. The molecule has 1 aromatic carbocycles. The van der Waals surface area contributed by atoms with Crippen molar-refractivity contribution < 1.29 is 0 Å². The number of hydrogen-bond donors (Lipinski definition) is 0. The topological polar surface area (TPSA) is 25.2 Å². The molecule has 0 bridgehead atoms. The lowest BCUT2D eigenvalue weighted by Crippen LogP contribution is -1.75. The number of rotatable bonds is 2. The van der Waals surface area contributed by atoms with Gasteiger partial charge >= 0.3 is 0 Å². The summed E-state index contributed by atoms with van der Waals surface area (Å²) in [6, 6.07) is 7.75. The number of para-hydroxylation sites is 1. The summed E-state index contributed by atoms with van der Waals surface area (Å²) in [4.78, 5) is 8.22. The van der Waals surface area contributed by atoms with Gasteiger partial charge in [-0.2, -0.15) is 4.99 Å². The first-order valence-electron chi connectivity index (χ1n) is 3.98. The van der Waals surface area contributed by atoms with Crippen LogP contribution in [0.3, 0.4) is 0 Å². The van der Waals surface area contributed by atoms with Gasteiger partial charge in [0.2, 0.25) is 0 Å². The molecule has 0 atom stereocenters. The minimum atomic E-state index is 0.817. The molecule has 2 aromatic rings. The van der Waals surface area contributed by atoms with E-state index >= 15 is 0 Å². The lowest BCUT2D eigenvalue weighted by atomic mass is 10.2. The van der Waals surface area contributed by atoms with Crippen LogP contribution in [0, 0.1) is 0 Å². The highest BCUT2D eigenvalue weighted by atomic mass is 32.1. The Morgan fingerprint density at radius 3 is 2.93 bits per heavy atom. The Morgan fingerprint density at radius 1 is 1.36 bits per heavy atom. The van der Waals surface area contributed by atoms with E-state index in [-0.39, 0.29) is 0 Å². The van der Waals surface area contributed by atoms with Crippen molar-refractivity contribution in [2.45, 2.75) is 0 Å². The van der Waals surface area contributed by atoms with Crippen LogP contribution in [-0.4, -0.2) is 10.1 Å². The zero-order chi connectivity index (χ0) is 9.80. The summed E-state index contributed by atoms with van der Waals surface area (Å²) < 4.78 is 0. The van der Waals surface area contributed by atoms with Gasteiger partial charge in [-0.05, 0) is 24.4 Å². The molecular formula is C10H6N2S2. The molecule has 4 heteroatoms. The molecule has 1 aromatic heterocycles. The molecule has 14 heavy (non-hydrogen) atoms. The lowest BCUT2D eigenvalue weighted by Gasteiger charge is -1.98. The minimum absolute atomic E-state index is 0.817. The van der Waals surface area contributed by atoms with Crippen LogP contribution in [-0.2, 0) is 0 Å². The summed E-state index contributed by atoms with van der Waals surface area (Å²) in [5, 5.41) is 5.26. The highest BCUT2D eigenvalue weighted by molar-refractivity contribution is 7.78. The Labute approximate surface area is 91.0 Å². The Bertz CT molecular complexity index is 471. The minimum Gasteiger partial charge on any atom is -0.244 e. The van der Waals surface area contributed by atoms with Crippen LogP contribution in [0.15, 0.2) is 40.8 Å². The second-order valence-corrected chi connectivity index (χ2v) is 3.63.